The minimum atomic E-state index is 0.158. The summed E-state index contributed by atoms with van der Waals surface area (Å²) >= 11 is 1.51. The van der Waals surface area contributed by atoms with E-state index in [1.165, 1.54) is 24.2 Å². The van der Waals surface area contributed by atoms with Crippen molar-refractivity contribution in [1.29, 1.82) is 0 Å². The minimum Gasteiger partial charge on any atom is -0.398 e. The summed E-state index contributed by atoms with van der Waals surface area (Å²) in [6.45, 7) is 3.71. The maximum absolute atomic E-state index is 12.6. The van der Waals surface area contributed by atoms with E-state index in [0.717, 1.165) is 35.0 Å². The van der Waals surface area contributed by atoms with E-state index in [4.69, 9.17) is 5.73 Å². The van der Waals surface area contributed by atoms with Gasteiger partial charge in [-0.2, -0.15) is 0 Å². The number of hydrogen-bond acceptors (Lipinski definition) is 4. The van der Waals surface area contributed by atoms with Crippen LogP contribution in [0, 0.1) is 6.92 Å². The molecule has 0 saturated carbocycles. The minimum absolute atomic E-state index is 0.158. The third-order valence-corrected chi connectivity index (χ3v) is 5.66. The zero-order valence-electron chi connectivity index (χ0n) is 11.6. The van der Waals surface area contributed by atoms with Crippen molar-refractivity contribution in [3.05, 3.63) is 15.8 Å². The standard InChI is InChI=1S/C14H21N3OS/c1-9-12(15)7-13(19-9)14(18)17-6-5-10-3-4-11(8-17)16(10)2/h7,10-11H,3-6,8,15H2,1-2H3. The van der Waals surface area contributed by atoms with E-state index in [1.807, 2.05) is 17.9 Å². The van der Waals surface area contributed by atoms with E-state index in [2.05, 4.69) is 11.9 Å². The van der Waals surface area contributed by atoms with Crippen molar-refractivity contribution in [2.24, 2.45) is 0 Å². The summed E-state index contributed by atoms with van der Waals surface area (Å²) in [5.74, 6) is 0.158. The second-order valence-corrected chi connectivity index (χ2v) is 6.97. The van der Waals surface area contributed by atoms with Crippen LogP contribution in [0.5, 0.6) is 0 Å². The molecule has 2 N–H and O–H groups in total. The van der Waals surface area contributed by atoms with Crippen molar-refractivity contribution in [2.45, 2.75) is 38.3 Å². The number of nitrogens with zero attached hydrogens (tertiary/aromatic N) is 2. The molecule has 19 heavy (non-hydrogen) atoms. The molecule has 2 unspecified atom stereocenters. The molecular formula is C14H21N3OS. The average Bonchev–Trinajstić information content (AvgIpc) is 2.80. The molecule has 4 nitrogen and oxygen atoms in total. The number of carbonyl (C=O) groups is 1. The van der Waals surface area contributed by atoms with Crippen molar-refractivity contribution in [3.8, 4) is 0 Å². The molecule has 1 amide bonds. The highest BCUT2D eigenvalue weighted by Crippen LogP contribution is 2.30. The smallest absolute Gasteiger partial charge is 0.264 e. The van der Waals surface area contributed by atoms with Gasteiger partial charge in [0.05, 0.1) is 4.88 Å². The van der Waals surface area contributed by atoms with E-state index < -0.39 is 0 Å². The second-order valence-electron chi connectivity index (χ2n) is 5.71. The number of aryl methyl sites for hydroxylation is 1. The maximum Gasteiger partial charge on any atom is 0.264 e. The Morgan fingerprint density at radius 2 is 2.11 bits per heavy atom. The zero-order valence-corrected chi connectivity index (χ0v) is 12.4. The SMILES string of the molecule is Cc1sc(C(=O)N2CCC3CCC(C2)N3C)cc1N. The van der Waals surface area contributed by atoms with Crippen LogP contribution < -0.4 is 5.73 Å². The fraction of sp³-hybridized carbons (Fsp3) is 0.643. The van der Waals surface area contributed by atoms with Crippen molar-refractivity contribution in [3.63, 3.8) is 0 Å². The Kier molecular flexibility index (Phi) is 3.27. The van der Waals surface area contributed by atoms with Crippen molar-refractivity contribution in [2.75, 3.05) is 25.9 Å². The van der Waals surface area contributed by atoms with Gasteiger partial charge in [-0.15, -0.1) is 11.3 Å². The molecule has 3 rings (SSSR count). The van der Waals surface area contributed by atoms with Crippen LogP contribution >= 0.6 is 11.3 Å². The number of carbonyl (C=O) groups excluding carboxylic acids is 1. The van der Waals surface area contributed by atoms with E-state index in [0.29, 0.717) is 12.1 Å². The number of nitrogens with two attached hydrogens (primary N) is 1. The molecule has 1 aromatic rings. The third-order valence-electron chi connectivity index (χ3n) is 4.60. The fourth-order valence-corrected chi connectivity index (χ4v) is 4.16. The molecule has 2 saturated heterocycles. The number of hydrogen-bond donors (Lipinski definition) is 1. The van der Waals surface area contributed by atoms with Crippen molar-refractivity contribution < 1.29 is 4.79 Å². The highest BCUT2D eigenvalue weighted by atomic mass is 32.1. The number of likely N-dealkylation sites (tertiary alicyclic amines) is 1. The van der Waals surface area contributed by atoms with Crippen LogP contribution in [-0.2, 0) is 0 Å². The number of thiophene rings is 1. The number of anilines is 1. The molecule has 104 valence electrons. The predicted molar refractivity (Wildman–Crippen MR) is 78.6 cm³/mol. The third kappa shape index (κ3) is 2.25. The quantitative estimate of drug-likeness (QED) is 0.855. The summed E-state index contributed by atoms with van der Waals surface area (Å²) in [5.41, 5.74) is 6.59. The topological polar surface area (TPSA) is 49.6 Å². The largest absolute Gasteiger partial charge is 0.398 e. The van der Waals surface area contributed by atoms with Crippen molar-refractivity contribution in [1.82, 2.24) is 9.80 Å². The molecule has 0 aliphatic carbocycles. The Morgan fingerprint density at radius 3 is 2.79 bits per heavy atom. The lowest BCUT2D eigenvalue weighted by Gasteiger charge is -2.25. The van der Waals surface area contributed by atoms with Crippen LogP contribution in [0.25, 0.3) is 0 Å². The summed E-state index contributed by atoms with van der Waals surface area (Å²) < 4.78 is 0. The lowest BCUT2D eigenvalue weighted by Crippen LogP contribution is -2.39. The number of fused-ring (bicyclic) bond motifs is 2. The van der Waals surface area contributed by atoms with Gasteiger partial charge >= 0.3 is 0 Å². The Morgan fingerprint density at radius 1 is 1.37 bits per heavy atom. The van der Waals surface area contributed by atoms with Crippen molar-refractivity contribution >= 4 is 22.9 Å². The van der Waals surface area contributed by atoms with E-state index >= 15 is 0 Å². The lowest BCUT2D eigenvalue weighted by atomic mass is 10.1. The van der Waals surface area contributed by atoms with Crippen LogP contribution in [0.4, 0.5) is 5.69 Å². The normalized spacial score (nSPS) is 27.6. The van der Waals surface area contributed by atoms with Crippen LogP contribution in [0.15, 0.2) is 6.07 Å². The second kappa shape index (κ2) is 4.80. The van der Waals surface area contributed by atoms with Gasteiger partial charge < -0.3 is 10.6 Å². The molecule has 5 heteroatoms. The first-order valence-electron chi connectivity index (χ1n) is 6.93. The van der Waals surface area contributed by atoms with Crippen LogP contribution in [0.3, 0.4) is 0 Å². The maximum atomic E-state index is 12.6. The zero-order chi connectivity index (χ0) is 13.6. The Bertz CT molecular complexity index is 479. The molecule has 2 fully saturated rings. The van der Waals surface area contributed by atoms with Gasteiger partial charge in [0.25, 0.3) is 5.91 Å². The fourth-order valence-electron chi connectivity index (χ4n) is 3.25. The molecule has 0 radical (unpaired) electrons. The summed E-state index contributed by atoms with van der Waals surface area (Å²) in [7, 11) is 2.20. The molecule has 1 aromatic heterocycles. The number of likely N-dealkylation sites (N-methyl/N-ethyl adjacent to an activating group) is 1. The van der Waals surface area contributed by atoms with E-state index in [1.54, 1.807) is 0 Å². The summed E-state index contributed by atoms with van der Waals surface area (Å²) in [4.78, 5) is 18.9. The van der Waals surface area contributed by atoms with E-state index in [-0.39, 0.29) is 5.91 Å². The molecule has 0 aromatic carbocycles. The molecule has 2 atom stereocenters. The Balaban J connectivity index is 1.77. The van der Waals surface area contributed by atoms with Crippen LogP contribution in [-0.4, -0.2) is 47.9 Å². The molecule has 3 heterocycles. The molecular weight excluding hydrogens is 258 g/mol. The molecule has 0 spiro atoms. The van der Waals surface area contributed by atoms with Crippen LogP contribution in [0.2, 0.25) is 0 Å². The molecule has 2 bridgehead atoms. The van der Waals surface area contributed by atoms with E-state index in [9.17, 15) is 4.79 Å². The van der Waals surface area contributed by atoms with Crippen LogP contribution in [0.1, 0.15) is 33.8 Å². The Hall–Kier alpha value is -1.07. The van der Waals surface area contributed by atoms with Gasteiger partial charge in [-0.05, 0) is 39.3 Å². The highest BCUT2D eigenvalue weighted by Gasteiger charge is 2.36. The summed E-state index contributed by atoms with van der Waals surface area (Å²) in [6.07, 6.45) is 3.60. The van der Waals surface area contributed by atoms with Gasteiger partial charge in [-0.25, -0.2) is 0 Å². The molecule has 2 aliphatic rings. The first-order valence-corrected chi connectivity index (χ1v) is 7.75. The average molecular weight is 279 g/mol. The van der Waals surface area contributed by atoms with Gasteiger partial charge in [-0.3, -0.25) is 9.69 Å². The summed E-state index contributed by atoms with van der Waals surface area (Å²) in [5, 5.41) is 0. The Labute approximate surface area is 118 Å². The number of amides is 1. The van der Waals surface area contributed by atoms with Gasteiger partial charge in [0.15, 0.2) is 0 Å². The van der Waals surface area contributed by atoms with Gasteiger partial charge in [0.1, 0.15) is 0 Å². The number of nitrogen functional groups attached to an aromatic ring is 1. The first-order chi connectivity index (χ1) is 9.06. The van der Waals surface area contributed by atoms with Gasteiger partial charge in [-0.1, -0.05) is 0 Å². The molecule has 2 aliphatic heterocycles. The lowest BCUT2D eigenvalue weighted by molar-refractivity contribution is 0.0745. The summed E-state index contributed by atoms with van der Waals surface area (Å²) in [6, 6.07) is 3.03. The number of rotatable bonds is 1. The highest BCUT2D eigenvalue weighted by molar-refractivity contribution is 7.14. The van der Waals surface area contributed by atoms with Gasteiger partial charge in [0, 0.05) is 35.7 Å². The monoisotopic (exact) mass is 279 g/mol. The first kappa shape index (κ1) is 12.9. The van der Waals surface area contributed by atoms with Gasteiger partial charge in [0.2, 0.25) is 0 Å². The predicted octanol–water partition coefficient (Wildman–Crippen LogP) is 1.95.